The minimum Gasteiger partial charge on any atom is -0.339 e. The van der Waals surface area contributed by atoms with Gasteiger partial charge in [0.05, 0.1) is 19.2 Å². The highest BCUT2D eigenvalue weighted by Crippen LogP contribution is 2.23. The Balaban J connectivity index is 1.86. The van der Waals surface area contributed by atoms with Crippen LogP contribution in [0.5, 0.6) is 0 Å². The van der Waals surface area contributed by atoms with Crippen LogP contribution in [0.15, 0.2) is 0 Å². The first-order valence-corrected chi connectivity index (χ1v) is 7.28. The van der Waals surface area contributed by atoms with E-state index >= 15 is 0 Å². The van der Waals surface area contributed by atoms with Gasteiger partial charge in [0.15, 0.2) is 0 Å². The van der Waals surface area contributed by atoms with E-state index in [9.17, 15) is 4.79 Å². The summed E-state index contributed by atoms with van der Waals surface area (Å²) in [5.41, 5.74) is 0. The number of carbonyl (C=O) groups excluding carboxylic acids is 1. The van der Waals surface area contributed by atoms with E-state index in [0.29, 0.717) is 19.1 Å². The van der Waals surface area contributed by atoms with Gasteiger partial charge in [-0.1, -0.05) is 12.8 Å². The summed E-state index contributed by atoms with van der Waals surface area (Å²) in [5.74, 6) is 0.190. The van der Waals surface area contributed by atoms with E-state index in [1.54, 1.807) is 0 Å². The molecule has 1 aliphatic heterocycles. The molecule has 0 unspecified atom stereocenters. The Morgan fingerprint density at radius 2 is 1.89 bits per heavy atom. The van der Waals surface area contributed by atoms with Crippen molar-refractivity contribution in [3.8, 4) is 6.07 Å². The summed E-state index contributed by atoms with van der Waals surface area (Å²) < 4.78 is 0. The molecule has 2 fully saturated rings. The largest absolute Gasteiger partial charge is 0.339 e. The number of hydrogen-bond donors (Lipinski definition) is 0. The van der Waals surface area contributed by atoms with Crippen LogP contribution < -0.4 is 0 Å². The van der Waals surface area contributed by atoms with Gasteiger partial charge in [-0.05, 0) is 19.9 Å². The molecule has 0 radical (unpaired) electrons. The Morgan fingerprint density at radius 3 is 2.47 bits per heavy atom. The lowest BCUT2D eigenvalue weighted by atomic mass is 10.2. The molecule has 0 spiro atoms. The molecule has 1 saturated heterocycles. The fraction of sp³-hybridized carbons (Fsp3) is 0.857. The summed E-state index contributed by atoms with van der Waals surface area (Å²) >= 11 is 0. The zero-order chi connectivity index (χ0) is 13.7. The smallest absolute Gasteiger partial charge is 0.236 e. The van der Waals surface area contributed by atoms with Crippen LogP contribution in [0.1, 0.15) is 25.7 Å². The molecule has 2 aliphatic rings. The Hall–Kier alpha value is -1.12. The first-order valence-electron chi connectivity index (χ1n) is 7.28. The van der Waals surface area contributed by atoms with Gasteiger partial charge < -0.3 is 9.80 Å². The number of piperazine rings is 1. The fourth-order valence-electron chi connectivity index (χ4n) is 3.00. The number of nitrogens with zero attached hydrogens (tertiary/aromatic N) is 4. The van der Waals surface area contributed by atoms with E-state index in [4.69, 9.17) is 5.26 Å². The normalized spacial score (nSPS) is 21.8. The molecule has 0 N–H and O–H groups in total. The molecule has 106 valence electrons. The Labute approximate surface area is 115 Å². The van der Waals surface area contributed by atoms with Crippen LogP contribution in [0.25, 0.3) is 0 Å². The molecule has 1 heterocycles. The van der Waals surface area contributed by atoms with Gasteiger partial charge in [-0.3, -0.25) is 9.69 Å². The molecule has 0 aromatic heterocycles. The number of nitriles is 1. The van der Waals surface area contributed by atoms with Crippen molar-refractivity contribution in [1.82, 2.24) is 14.7 Å². The highest BCUT2D eigenvalue weighted by molar-refractivity contribution is 5.78. The van der Waals surface area contributed by atoms with Crippen molar-refractivity contribution in [2.75, 3.05) is 46.3 Å². The molecule has 0 atom stereocenters. The quantitative estimate of drug-likeness (QED) is 0.695. The van der Waals surface area contributed by atoms with Gasteiger partial charge in [0.2, 0.25) is 5.91 Å². The second-order valence-corrected chi connectivity index (χ2v) is 5.69. The second kappa shape index (κ2) is 6.88. The maximum Gasteiger partial charge on any atom is 0.236 e. The van der Waals surface area contributed by atoms with Crippen LogP contribution in [0, 0.1) is 11.3 Å². The van der Waals surface area contributed by atoms with Crippen molar-refractivity contribution >= 4 is 5.91 Å². The highest BCUT2D eigenvalue weighted by atomic mass is 16.2. The molecular weight excluding hydrogens is 240 g/mol. The fourth-order valence-corrected chi connectivity index (χ4v) is 3.00. The minimum absolute atomic E-state index is 0.190. The van der Waals surface area contributed by atoms with E-state index in [2.05, 4.69) is 22.9 Å². The zero-order valence-corrected chi connectivity index (χ0v) is 11.8. The third-order valence-corrected chi connectivity index (χ3v) is 4.31. The molecule has 0 aromatic carbocycles. The molecule has 0 aromatic rings. The van der Waals surface area contributed by atoms with E-state index in [1.165, 1.54) is 12.8 Å². The predicted octanol–water partition coefficient (Wildman–Crippen LogP) is 0.529. The van der Waals surface area contributed by atoms with Gasteiger partial charge in [-0.15, -0.1) is 0 Å². The van der Waals surface area contributed by atoms with Gasteiger partial charge in [0.25, 0.3) is 0 Å². The molecule has 5 nitrogen and oxygen atoms in total. The van der Waals surface area contributed by atoms with Crippen LogP contribution in [-0.4, -0.2) is 73.0 Å². The summed E-state index contributed by atoms with van der Waals surface area (Å²) in [6, 6.07) is 2.65. The van der Waals surface area contributed by atoms with E-state index < -0.39 is 0 Å². The van der Waals surface area contributed by atoms with Gasteiger partial charge in [-0.25, -0.2) is 0 Å². The van der Waals surface area contributed by atoms with Crippen LogP contribution in [-0.2, 0) is 4.79 Å². The number of likely N-dealkylation sites (N-methyl/N-ethyl adjacent to an activating group) is 1. The lowest BCUT2D eigenvalue weighted by Crippen LogP contribution is -2.51. The van der Waals surface area contributed by atoms with Crippen molar-refractivity contribution in [1.29, 1.82) is 5.26 Å². The lowest BCUT2D eigenvalue weighted by Gasteiger charge is -2.34. The van der Waals surface area contributed by atoms with Crippen molar-refractivity contribution in [3.63, 3.8) is 0 Å². The van der Waals surface area contributed by atoms with Crippen LogP contribution in [0.2, 0.25) is 0 Å². The SMILES string of the molecule is CN1CCN(C(=O)CN(CC#N)C2CCCC2)CC1. The lowest BCUT2D eigenvalue weighted by molar-refractivity contribution is -0.134. The summed E-state index contributed by atoms with van der Waals surface area (Å²) in [4.78, 5) is 18.6. The Kier molecular flexibility index (Phi) is 5.17. The molecule has 1 saturated carbocycles. The predicted molar refractivity (Wildman–Crippen MR) is 73.5 cm³/mol. The van der Waals surface area contributed by atoms with Crippen molar-refractivity contribution in [2.45, 2.75) is 31.7 Å². The summed E-state index contributed by atoms with van der Waals surface area (Å²) in [7, 11) is 2.09. The van der Waals surface area contributed by atoms with Crippen LogP contribution >= 0.6 is 0 Å². The standard InChI is InChI=1S/C14H24N4O/c1-16-8-10-17(11-9-16)14(19)12-18(7-6-15)13-4-2-3-5-13/h13H,2-5,7-12H2,1H3. The van der Waals surface area contributed by atoms with Crippen LogP contribution in [0.3, 0.4) is 0 Å². The van der Waals surface area contributed by atoms with E-state index in [-0.39, 0.29) is 5.91 Å². The molecule has 0 bridgehead atoms. The number of hydrogen-bond acceptors (Lipinski definition) is 4. The number of carbonyl (C=O) groups is 1. The monoisotopic (exact) mass is 264 g/mol. The summed E-state index contributed by atoms with van der Waals surface area (Å²) in [6.45, 7) is 4.34. The maximum atomic E-state index is 12.3. The molecule has 1 amide bonds. The molecule has 1 aliphatic carbocycles. The number of amides is 1. The van der Waals surface area contributed by atoms with Crippen LogP contribution in [0.4, 0.5) is 0 Å². The van der Waals surface area contributed by atoms with Gasteiger partial charge >= 0.3 is 0 Å². The first-order chi connectivity index (χ1) is 9.20. The third kappa shape index (κ3) is 3.92. The van der Waals surface area contributed by atoms with Gasteiger partial charge in [0.1, 0.15) is 0 Å². The topological polar surface area (TPSA) is 50.6 Å². The van der Waals surface area contributed by atoms with Crippen molar-refractivity contribution < 1.29 is 4.79 Å². The van der Waals surface area contributed by atoms with Crippen molar-refractivity contribution in [2.24, 2.45) is 0 Å². The first kappa shape index (κ1) is 14.3. The minimum atomic E-state index is 0.190. The highest BCUT2D eigenvalue weighted by Gasteiger charge is 2.27. The summed E-state index contributed by atoms with van der Waals surface area (Å²) in [5, 5.41) is 8.93. The average molecular weight is 264 g/mol. The molecule has 2 rings (SSSR count). The average Bonchev–Trinajstić information content (AvgIpc) is 2.92. The zero-order valence-electron chi connectivity index (χ0n) is 11.8. The van der Waals surface area contributed by atoms with Crippen molar-refractivity contribution in [3.05, 3.63) is 0 Å². The molecule has 19 heavy (non-hydrogen) atoms. The van der Waals surface area contributed by atoms with E-state index in [1.807, 2.05) is 4.90 Å². The molecule has 5 heteroatoms. The third-order valence-electron chi connectivity index (χ3n) is 4.31. The Morgan fingerprint density at radius 1 is 1.26 bits per heavy atom. The maximum absolute atomic E-state index is 12.3. The van der Waals surface area contributed by atoms with Gasteiger partial charge in [-0.2, -0.15) is 5.26 Å². The Bertz CT molecular complexity index is 338. The number of rotatable bonds is 4. The summed E-state index contributed by atoms with van der Waals surface area (Å²) in [6.07, 6.45) is 4.74. The molecular formula is C14H24N4O. The van der Waals surface area contributed by atoms with Gasteiger partial charge in [0, 0.05) is 32.2 Å². The van der Waals surface area contributed by atoms with E-state index in [0.717, 1.165) is 39.0 Å². The second-order valence-electron chi connectivity index (χ2n) is 5.69.